The second-order valence-corrected chi connectivity index (χ2v) is 18.8. The molecule has 2 bridgehead atoms. The van der Waals surface area contributed by atoms with Crippen molar-refractivity contribution in [1.29, 1.82) is 0 Å². The molecule has 1 saturated heterocycles. The fourth-order valence-corrected chi connectivity index (χ4v) is 12.7. The van der Waals surface area contributed by atoms with Crippen LogP contribution in [0.25, 0.3) is 11.1 Å². The van der Waals surface area contributed by atoms with Crippen molar-refractivity contribution in [3.05, 3.63) is 84.0 Å². The third-order valence-electron chi connectivity index (χ3n) is 14.5. The molecule has 9 unspecified atom stereocenters. The van der Waals surface area contributed by atoms with Gasteiger partial charge < -0.3 is 14.9 Å². The summed E-state index contributed by atoms with van der Waals surface area (Å²) in [7, 11) is -3.60. The van der Waals surface area contributed by atoms with Crippen molar-refractivity contribution in [2.75, 3.05) is 26.0 Å². The molecule has 2 aromatic rings. The maximum atomic E-state index is 15.0. The van der Waals surface area contributed by atoms with Crippen molar-refractivity contribution in [3.8, 4) is 11.1 Å². The van der Waals surface area contributed by atoms with E-state index < -0.39 is 38.0 Å². The number of allylic oxidation sites excluding steroid dienone is 4. The average molecular weight is 686 g/mol. The Hall–Kier alpha value is -2.62. The lowest BCUT2D eigenvalue weighted by molar-refractivity contribution is -0.174. The molecule has 262 valence electrons. The number of ether oxygens (including phenoxy) is 1. The number of nitrogens with zero attached hydrogens (tertiary/aromatic N) is 1. The molecule has 2 aromatic carbocycles. The van der Waals surface area contributed by atoms with Crippen LogP contribution < -0.4 is 0 Å². The Morgan fingerprint density at radius 2 is 1.57 bits per heavy atom. The van der Waals surface area contributed by atoms with Gasteiger partial charge in [-0.15, -0.1) is 0 Å². The number of hydrogen-bond donors (Lipinski definition) is 2. The molecule has 2 spiro atoms. The van der Waals surface area contributed by atoms with E-state index in [2.05, 4.69) is 44.2 Å². The van der Waals surface area contributed by atoms with Crippen LogP contribution in [-0.4, -0.2) is 72.5 Å². The molecule has 2 N–H and O–H groups in total. The molecule has 8 heteroatoms. The van der Waals surface area contributed by atoms with E-state index >= 15 is 0 Å². The Bertz CT molecular complexity index is 1800. The first-order valence-corrected chi connectivity index (χ1v) is 20.2. The molecule has 0 amide bonds. The van der Waals surface area contributed by atoms with Gasteiger partial charge in [-0.25, -0.2) is 8.42 Å². The van der Waals surface area contributed by atoms with Crippen molar-refractivity contribution < 1.29 is 28.2 Å². The summed E-state index contributed by atoms with van der Waals surface area (Å²) >= 11 is 0. The lowest BCUT2D eigenvalue weighted by Gasteiger charge is -2.71. The maximum Gasteiger partial charge on any atom is 0.211 e. The summed E-state index contributed by atoms with van der Waals surface area (Å²) in [6.07, 6.45) is 14.3. The molecule has 9 atom stereocenters. The molecule has 1 heterocycles. The fourth-order valence-electron chi connectivity index (χ4n) is 11.8. The Morgan fingerprint density at radius 1 is 0.898 bits per heavy atom. The van der Waals surface area contributed by atoms with Gasteiger partial charge in [0.15, 0.2) is 5.78 Å². The van der Waals surface area contributed by atoms with Gasteiger partial charge in [0.25, 0.3) is 0 Å². The van der Waals surface area contributed by atoms with Crippen LogP contribution in [0.2, 0.25) is 0 Å². The minimum Gasteiger partial charge on any atom is -0.393 e. The zero-order valence-corrected chi connectivity index (χ0v) is 29.9. The minimum absolute atomic E-state index is 0.0197. The first kappa shape index (κ1) is 33.5. The topological polar surface area (TPSA) is 104 Å². The number of aliphatic hydroxyl groups is 2. The average Bonchev–Trinajstić information content (AvgIpc) is 3.69. The van der Waals surface area contributed by atoms with Crippen molar-refractivity contribution in [3.63, 3.8) is 0 Å². The third-order valence-corrected chi connectivity index (χ3v) is 15.8. The Kier molecular flexibility index (Phi) is 7.83. The summed E-state index contributed by atoms with van der Waals surface area (Å²) in [5.74, 6) is 0.138. The summed E-state index contributed by atoms with van der Waals surface area (Å²) in [6, 6.07) is 18.1. The zero-order valence-electron chi connectivity index (χ0n) is 29.1. The molecule has 3 saturated carbocycles. The van der Waals surface area contributed by atoms with Gasteiger partial charge in [-0.2, -0.15) is 4.31 Å². The number of Topliss-reactive ketones (excluding diaryl/α,β-unsaturated/α-hetero) is 1. The molecular weight excluding hydrogens is 635 g/mol. The van der Waals surface area contributed by atoms with Gasteiger partial charge in [0.1, 0.15) is 0 Å². The van der Waals surface area contributed by atoms with Crippen molar-refractivity contribution in [2.45, 2.75) is 89.4 Å². The quantitative estimate of drug-likeness (QED) is 0.241. The van der Waals surface area contributed by atoms with E-state index in [0.29, 0.717) is 31.4 Å². The van der Waals surface area contributed by atoms with Crippen LogP contribution in [0.4, 0.5) is 0 Å². The van der Waals surface area contributed by atoms with Gasteiger partial charge in [-0.3, -0.25) is 4.79 Å². The summed E-state index contributed by atoms with van der Waals surface area (Å²) < 4.78 is 33.7. The molecular formula is C41H51NO6S. The van der Waals surface area contributed by atoms with E-state index in [4.69, 9.17) is 4.74 Å². The van der Waals surface area contributed by atoms with E-state index in [1.165, 1.54) is 10.6 Å². The highest BCUT2D eigenvalue weighted by Crippen LogP contribution is 2.78. The van der Waals surface area contributed by atoms with E-state index in [1.807, 2.05) is 42.5 Å². The van der Waals surface area contributed by atoms with Crippen LogP contribution in [0.1, 0.15) is 82.0 Å². The van der Waals surface area contributed by atoms with Gasteiger partial charge in [0, 0.05) is 47.1 Å². The molecule has 9 rings (SSSR count). The van der Waals surface area contributed by atoms with Gasteiger partial charge in [-0.1, -0.05) is 86.7 Å². The predicted molar refractivity (Wildman–Crippen MR) is 190 cm³/mol. The first-order valence-electron chi connectivity index (χ1n) is 18.4. The standard InChI is InChI=1S/C41H51NO6S/c1-37-18-15-31(43)24-39(37)21-22-41(33(25-39)36(44)30-13-11-29(12-14-30)28-8-5-4-6-9-28)34(37)16-19-38(2)35(41)17-20-40(38,45)27-42(49(3,46)47)26-32-10-7-23-48-32/h4-6,8-9,11-14,21-22,25,31-32,34-35,43,45H,7,10,15-20,23-24,26-27H2,1-3H3. The third kappa shape index (κ3) is 4.87. The number of benzene rings is 2. The molecule has 6 aliphatic carbocycles. The van der Waals surface area contributed by atoms with Gasteiger partial charge in [0.2, 0.25) is 10.0 Å². The first-order chi connectivity index (χ1) is 23.2. The van der Waals surface area contributed by atoms with Gasteiger partial charge in [0.05, 0.1) is 24.1 Å². The van der Waals surface area contributed by atoms with Crippen LogP contribution in [-0.2, 0) is 14.8 Å². The highest BCUT2D eigenvalue weighted by Gasteiger charge is 2.74. The molecule has 1 aliphatic heterocycles. The van der Waals surface area contributed by atoms with E-state index in [0.717, 1.165) is 55.2 Å². The number of carbonyl (C=O) groups excluding carboxylic acids is 1. The summed E-state index contributed by atoms with van der Waals surface area (Å²) in [6.45, 7) is 5.46. The van der Waals surface area contributed by atoms with Crippen molar-refractivity contribution in [1.82, 2.24) is 4.31 Å². The minimum atomic E-state index is -3.60. The highest BCUT2D eigenvalue weighted by molar-refractivity contribution is 7.88. The van der Waals surface area contributed by atoms with Gasteiger partial charge >= 0.3 is 0 Å². The van der Waals surface area contributed by atoms with E-state index in [-0.39, 0.29) is 42.2 Å². The number of carbonyl (C=O) groups is 1. The summed E-state index contributed by atoms with van der Waals surface area (Å²) in [5.41, 5.74) is 0.578. The number of hydrogen-bond acceptors (Lipinski definition) is 6. The predicted octanol–water partition coefficient (Wildman–Crippen LogP) is 6.57. The maximum absolute atomic E-state index is 15.0. The summed E-state index contributed by atoms with van der Waals surface area (Å²) in [4.78, 5) is 15.0. The molecule has 4 fully saturated rings. The zero-order chi connectivity index (χ0) is 34.5. The Morgan fingerprint density at radius 3 is 2.27 bits per heavy atom. The second kappa shape index (κ2) is 11.4. The van der Waals surface area contributed by atoms with E-state index in [9.17, 15) is 23.4 Å². The van der Waals surface area contributed by atoms with Gasteiger partial charge in [-0.05, 0) is 86.2 Å². The van der Waals surface area contributed by atoms with Crippen LogP contribution in [0.3, 0.4) is 0 Å². The Labute approximate surface area is 291 Å². The smallest absolute Gasteiger partial charge is 0.211 e. The lowest BCUT2D eigenvalue weighted by atomic mass is 9.32. The number of rotatable bonds is 8. The fraction of sp³-hybridized carbons (Fsp3) is 0.585. The number of aliphatic hydroxyl groups excluding tert-OH is 1. The normalized spacial score (nSPS) is 40.9. The lowest BCUT2D eigenvalue weighted by Crippen LogP contribution is -2.67. The molecule has 7 nitrogen and oxygen atoms in total. The van der Waals surface area contributed by atoms with Crippen LogP contribution in [0.15, 0.2) is 78.4 Å². The second-order valence-electron chi connectivity index (χ2n) is 16.8. The monoisotopic (exact) mass is 685 g/mol. The van der Waals surface area contributed by atoms with Crippen LogP contribution in [0.5, 0.6) is 0 Å². The molecule has 0 aromatic heterocycles. The largest absolute Gasteiger partial charge is 0.393 e. The van der Waals surface area contributed by atoms with Crippen molar-refractivity contribution in [2.24, 2.45) is 33.5 Å². The molecule has 7 aliphatic rings. The van der Waals surface area contributed by atoms with Crippen LogP contribution >= 0.6 is 0 Å². The van der Waals surface area contributed by atoms with E-state index in [1.54, 1.807) is 0 Å². The SMILES string of the molecule is CC12CCC(O)CC13C=CC1(C(C(=O)c4ccc(-c5ccccc5)cc4)=C3)C2CCC2(C)C1CCC2(O)CN(CC1CCCO1)S(C)(=O)=O. The van der Waals surface area contributed by atoms with Crippen LogP contribution in [0, 0.1) is 33.5 Å². The molecule has 49 heavy (non-hydrogen) atoms. The Balaban J connectivity index is 1.20. The molecule has 0 radical (unpaired) electrons. The van der Waals surface area contributed by atoms with Crippen molar-refractivity contribution >= 4 is 15.8 Å². The summed E-state index contributed by atoms with van der Waals surface area (Å²) in [5, 5.41) is 23.8. The number of ketones is 1. The highest BCUT2D eigenvalue weighted by atomic mass is 32.2. The number of sulfonamides is 1. The number of fused-ring (bicyclic) bond motifs is 1.